The summed E-state index contributed by atoms with van der Waals surface area (Å²) in [6.07, 6.45) is 0.178. The Kier molecular flexibility index (Phi) is 7.84. The summed E-state index contributed by atoms with van der Waals surface area (Å²) in [6.45, 7) is 0.380. The molecule has 222 valence electrons. The third kappa shape index (κ3) is 5.63. The Morgan fingerprint density at radius 3 is 2.64 bits per heavy atom. The fourth-order valence-electron chi connectivity index (χ4n) is 4.80. The number of quaternary nitrogens is 1. The van der Waals surface area contributed by atoms with Gasteiger partial charge in [-0.25, -0.2) is 14.6 Å². The number of amides is 2. The molecule has 0 bridgehead atoms. The number of aromatic carboxylic acids is 1. The van der Waals surface area contributed by atoms with Gasteiger partial charge in [-0.2, -0.15) is 9.48 Å². The van der Waals surface area contributed by atoms with Crippen LogP contribution in [0.4, 0.5) is 5.13 Å². The van der Waals surface area contributed by atoms with Crippen molar-refractivity contribution in [1.29, 1.82) is 0 Å². The Morgan fingerprint density at radius 1 is 1.29 bits per heavy atom. The molecule has 4 heterocycles. The third-order valence-electron chi connectivity index (χ3n) is 6.91. The number of nitrogens with two attached hydrogens (primary N) is 1. The minimum absolute atomic E-state index is 0.0768. The molecule has 42 heavy (non-hydrogen) atoms. The van der Waals surface area contributed by atoms with Crippen LogP contribution in [0.25, 0.3) is 0 Å². The van der Waals surface area contributed by atoms with Crippen LogP contribution in [-0.4, -0.2) is 103 Å². The summed E-state index contributed by atoms with van der Waals surface area (Å²) in [5.41, 5.74) is 6.00. The summed E-state index contributed by atoms with van der Waals surface area (Å²) >= 11 is 2.37. The summed E-state index contributed by atoms with van der Waals surface area (Å²) < 4.78 is 0.278. The number of carbonyl (C=O) groups is 4. The number of oxime groups is 1. The van der Waals surface area contributed by atoms with Crippen molar-refractivity contribution in [2.75, 3.05) is 32.1 Å². The maximum Gasteiger partial charge on any atom is 0.352 e. The monoisotopic (exact) mass is 619 g/mol. The van der Waals surface area contributed by atoms with Crippen LogP contribution in [0.15, 0.2) is 40.0 Å². The van der Waals surface area contributed by atoms with E-state index in [1.807, 2.05) is 14.1 Å². The van der Waals surface area contributed by atoms with E-state index in [-0.39, 0.29) is 50.4 Å². The second kappa shape index (κ2) is 11.2. The molecule has 15 nitrogen and oxygen atoms in total. The molecule has 0 spiro atoms. The average molecular weight is 620 g/mol. The number of hydroxylamine groups is 3. The highest BCUT2D eigenvalue weighted by Gasteiger charge is 2.56. The first-order chi connectivity index (χ1) is 19.9. The molecular formula is C25H27N6O9S2+. The van der Waals surface area contributed by atoms with E-state index in [9.17, 15) is 29.4 Å². The number of nitrogens with zero attached hydrogens (tertiary/aromatic N) is 4. The number of anilines is 1. The Bertz CT molecular complexity index is 1540. The lowest BCUT2D eigenvalue weighted by Crippen LogP contribution is -2.71. The number of rotatable bonds is 9. The van der Waals surface area contributed by atoms with Crippen molar-refractivity contribution in [3.63, 3.8) is 0 Å². The summed E-state index contributed by atoms with van der Waals surface area (Å²) in [7, 11) is 3.74. The maximum absolute atomic E-state index is 13.3. The van der Waals surface area contributed by atoms with Crippen molar-refractivity contribution < 1.29 is 48.8 Å². The minimum atomic E-state index is -1.25. The fraction of sp³-hybridized carbons (Fsp3) is 0.360. The van der Waals surface area contributed by atoms with E-state index in [1.54, 1.807) is 0 Å². The average Bonchev–Trinajstić information content (AvgIpc) is 3.53. The highest BCUT2D eigenvalue weighted by Crippen LogP contribution is 2.43. The molecule has 17 heteroatoms. The van der Waals surface area contributed by atoms with Crippen LogP contribution in [0.2, 0.25) is 0 Å². The van der Waals surface area contributed by atoms with Crippen LogP contribution in [-0.2, 0) is 30.7 Å². The number of aliphatic carboxylic acids is 1. The molecule has 2 unspecified atom stereocenters. The molecule has 2 aromatic rings. The van der Waals surface area contributed by atoms with Gasteiger partial charge in [-0.1, -0.05) is 11.2 Å². The number of nitrogen functional groups attached to an aromatic ring is 1. The van der Waals surface area contributed by atoms with Crippen LogP contribution in [0, 0.1) is 0 Å². The zero-order valence-electron chi connectivity index (χ0n) is 22.3. The summed E-state index contributed by atoms with van der Waals surface area (Å²) in [5.74, 6) is -3.89. The second-order valence-electron chi connectivity index (χ2n) is 10.2. The molecule has 0 aliphatic carbocycles. The Balaban J connectivity index is 1.32. The topological polar surface area (TPSA) is 214 Å². The number of aromatic nitrogens is 1. The van der Waals surface area contributed by atoms with Crippen molar-refractivity contribution in [2.45, 2.75) is 30.5 Å². The quantitative estimate of drug-likeness (QED) is 0.113. The summed E-state index contributed by atoms with van der Waals surface area (Å²) in [4.78, 5) is 66.4. The van der Waals surface area contributed by atoms with E-state index in [0.717, 1.165) is 17.4 Å². The van der Waals surface area contributed by atoms with Crippen molar-refractivity contribution in [3.8, 4) is 5.75 Å². The smallest absolute Gasteiger partial charge is 0.352 e. The summed E-state index contributed by atoms with van der Waals surface area (Å²) in [5, 5.41) is 36.6. The number of carboxylic acids is 2. The molecule has 2 amide bonds. The number of hydrogen-bond acceptors (Lipinski definition) is 12. The zero-order valence-corrected chi connectivity index (χ0v) is 24.0. The first kappa shape index (κ1) is 29.3. The number of phenolic OH excluding ortho intramolecular Hbond substituents is 1. The number of carbonyl (C=O) groups excluding carboxylic acids is 2. The van der Waals surface area contributed by atoms with Gasteiger partial charge in [0.2, 0.25) is 0 Å². The van der Waals surface area contributed by atoms with Crippen LogP contribution in [0.1, 0.15) is 28.0 Å². The Labute approximate surface area is 246 Å². The van der Waals surface area contributed by atoms with E-state index in [4.69, 9.17) is 20.5 Å². The molecule has 3 aliphatic heterocycles. The molecule has 2 saturated heterocycles. The molecular weight excluding hydrogens is 592 g/mol. The highest BCUT2D eigenvalue weighted by molar-refractivity contribution is 8.00. The maximum atomic E-state index is 13.3. The largest absolute Gasteiger partial charge is 0.508 e. The molecule has 5 rings (SSSR count). The Hall–Kier alpha value is -4.19. The van der Waals surface area contributed by atoms with Gasteiger partial charge in [0.05, 0.1) is 19.7 Å². The lowest BCUT2D eigenvalue weighted by Gasteiger charge is -2.49. The van der Waals surface area contributed by atoms with Crippen molar-refractivity contribution >= 4 is 57.7 Å². The van der Waals surface area contributed by atoms with Gasteiger partial charge in [0, 0.05) is 28.7 Å². The number of nitrogens with one attached hydrogen (secondary N) is 1. The van der Waals surface area contributed by atoms with Crippen molar-refractivity contribution in [3.05, 3.63) is 51.7 Å². The van der Waals surface area contributed by atoms with Gasteiger partial charge in [0.25, 0.3) is 11.8 Å². The minimum Gasteiger partial charge on any atom is -0.508 e. The lowest BCUT2D eigenvalue weighted by molar-refractivity contribution is -1.06. The van der Waals surface area contributed by atoms with Gasteiger partial charge in [0.15, 0.2) is 10.8 Å². The van der Waals surface area contributed by atoms with Gasteiger partial charge in [-0.05, 0) is 12.1 Å². The predicted molar refractivity (Wildman–Crippen MR) is 149 cm³/mol. The highest BCUT2D eigenvalue weighted by atomic mass is 32.2. The van der Waals surface area contributed by atoms with E-state index < -0.39 is 41.3 Å². The first-order valence-corrected chi connectivity index (χ1v) is 14.5. The van der Waals surface area contributed by atoms with Crippen LogP contribution in [0.5, 0.6) is 5.75 Å². The Morgan fingerprint density at radius 2 is 2.05 bits per heavy atom. The summed E-state index contributed by atoms with van der Waals surface area (Å²) in [6, 6.07) is 2.64. The van der Waals surface area contributed by atoms with Gasteiger partial charge in [-0.3, -0.25) is 14.5 Å². The van der Waals surface area contributed by atoms with Gasteiger partial charge >= 0.3 is 11.9 Å². The number of β-lactam (4-membered cyclic amide) rings is 1. The third-order valence-corrected chi connectivity index (χ3v) is 8.88. The van der Waals surface area contributed by atoms with Crippen LogP contribution < -0.4 is 11.1 Å². The van der Waals surface area contributed by atoms with Gasteiger partial charge in [0.1, 0.15) is 47.8 Å². The number of fused-ring (bicyclic) bond motifs is 1. The second-order valence-corrected chi connectivity index (χ2v) is 12.1. The van der Waals surface area contributed by atoms with Crippen molar-refractivity contribution in [2.24, 2.45) is 5.16 Å². The van der Waals surface area contributed by atoms with E-state index in [0.29, 0.717) is 24.3 Å². The molecule has 1 aromatic heterocycles. The van der Waals surface area contributed by atoms with Crippen molar-refractivity contribution in [1.82, 2.24) is 15.2 Å². The van der Waals surface area contributed by atoms with E-state index in [2.05, 4.69) is 15.5 Å². The SMILES string of the molecule is C[N+]1(C)CC[C@@H](C2=C(C(=O)O)N3C(=O)C(NC(=O)/C(=N\OCc4ccc(C(=O)O)cc4O)c4csc(N)n4)C3SC2)O1. The molecule has 2 fully saturated rings. The molecule has 0 saturated carbocycles. The van der Waals surface area contributed by atoms with E-state index >= 15 is 0 Å². The molecule has 0 radical (unpaired) electrons. The number of aromatic hydroxyl groups is 1. The van der Waals surface area contributed by atoms with Gasteiger partial charge < -0.3 is 31.2 Å². The predicted octanol–water partition coefficient (Wildman–Crippen LogP) is 0.569. The van der Waals surface area contributed by atoms with Crippen LogP contribution >= 0.6 is 23.1 Å². The first-order valence-electron chi connectivity index (χ1n) is 12.6. The number of hydrogen-bond donors (Lipinski definition) is 5. The fourth-order valence-corrected chi connectivity index (χ4v) is 6.76. The number of phenols is 1. The zero-order chi connectivity index (χ0) is 30.3. The lowest BCUT2D eigenvalue weighted by atomic mass is 9.99. The van der Waals surface area contributed by atoms with E-state index in [1.165, 1.54) is 34.2 Å². The molecule has 6 N–H and O–H groups in total. The molecule has 3 aliphatic rings. The molecule has 1 aromatic carbocycles. The van der Waals surface area contributed by atoms with Gasteiger partial charge in [-0.15, -0.1) is 23.1 Å². The van der Waals surface area contributed by atoms with Crippen LogP contribution in [0.3, 0.4) is 0 Å². The standard InChI is InChI=1S/C25H26N6O9S2/c1-31(2)6-5-16(40-31)13-9-41-22-18(21(34)30(22)19(13)24(37)38)28-20(33)17(14-10-42-25(26)27-14)29-39-8-12-4-3-11(23(35)36)7-15(12)32/h3-4,7,10,16,18,22H,5-6,8-9H2,1-2H3,(H5-,26,27,28,32,33,35,36,37,38)/p+1/b29-17-/t16-,18?,22?/m0/s1. The molecule has 3 atom stereocenters. The number of benzene rings is 1. The number of thiazole rings is 1. The number of thioether (sulfide) groups is 1. The number of carboxylic acid groups (broad SMARTS) is 2. The normalized spacial score (nSPS) is 23.3.